The smallest absolute Gasteiger partial charge is 0.414 e. The topological polar surface area (TPSA) is 113 Å². The number of cyclic esters (lactones) is 1. The summed E-state index contributed by atoms with van der Waals surface area (Å²) in [4.78, 5) is 41.4. The molecule has 35 heavy (non-hydrogen) atoms. The summed E-state index contributed by atoms with van der Waals surface area (Å²) < 4.78 is 20.4. The minimum absolute atomic E-state index is 0.206. The monoisotopic (exact) mass is 492 g/mol. The van der Waals surface area contributed by atoms with Crippen molar-refractivity contribution in [3.05, 3.63) is 24.0 Å². The number of benzene rings is 1. The highest BCUT2D eigenvalue weighted by atomic mass is 19.1. The van der Waals surface area contributed by atoms with Gasteiger partial charge in [0.2, 0.25) is 5.91 Å². The summed E-state index contributed by atoms with van der Waals surface area (Å²) in [5, 5.41) is 6.06. The molecule has 1 atom stereocenters. The highest BCUT2D eigenvalue weighted by Crippen LogP contribution is 2.28. The number of carbonyl (C=O) groups excluding carboxylic acids is 3. The summed E-state index contributed by atoms with van der Waals surface area (Å²) >= 11 is 0. The van der Waals surface area contributed by atoms with Gasteiger partial charge in [-0.05, 0) is 25.2 Å². The number of urea groups is 1. The molecule has 0 aliphatic carbocycles. The van der Waals surface area contributed by atoms with Crippen molar-refractivity contribution in [2.75, 3.05) is 82.3 Å². The second-order valence-electron chi connectivity index (χ2n) is 8.94. The average Bonchev–Trinajstić information content (AvgIpc) is 3.03. The molecule has 3 fully saturated rings. The van der Waals surface area contributed by atoms with E-state index in [0.717, 1.165) is 26.2 Å². The van der Waals surface area contributed by atoms with Gasteiger partial charge < -0.3 is 19.9 Å². The van der Waals surface area contributed by atoms with Gasteiger partial charge in [-0.2, -0.15) is 0 Å². The van der Waals surface area contributed by atoms with Gasteiger partial charge in [0.1, 0.15) is 11.9 Å². The molecule has 3 heterocycles. The van der Waals surface area contributed by atoms with Crippen molar-refractivity contribution in [1.82, 2.24) is 31.1 Å². The molecule has 1 aromatic rings. The van der Waals surface area contributed by atoms with E-state index in [2.05, 4.69) is 28.1 Å². The zero-order chi connectivity index (χ0) is 24.9. The minimum atomic E-state index is -0.575. The van der Waals surface area contributed by atoms with Crippen LogP contribution in [0.25, 0.3) is 0 Å². The number of carbonyl (C=O) groups is 3. The normalized spacial score (nSPS) is 22.1. The predicted molar refractivity (Wildman–Crippen MR) is 127 cm³/mol. The number of likely N-dealkylation sites (N-methyl/N-ethyl adjacent to an activating group) is 1. The first-order chi connectivity index (χ1) is 16.8. The Hall–Kier alpha value is -3.16. The van der Waals surface area contributed by atoms with Crippen LogP contribution in [-0.4, -0.2) is 112 Å². The fourth-order valence-corrected chi connectivity index (χ4v) is 4.28. The molecule has 192 valence electrons. The van der Waals surface area contributed by atoms with E-state index >= 15 is 4.39 Å². The van der Waals surface area contributed by atoms with Crippen LogP contribution in [0.4, 0.5) is 25.4 Å². The van der Waals surface area contributed by atoms with Crippen molar-refractivity contribution >= 4 is 29.4 Å². The zero-order valence-corrected chi connectivity index (χ0v) is 20.1. The van der Waals surface area contributed by atoms with Crippen LogP contribution >= 0.6 is 0 Å². The molecule has 4 amide bonds. The van der Waals surface area contributed by atoms with E-state index < -0.39 is 18.0 Å². The van der Waals surface area contributed by atoms with Crippen molar-refractivity contribution in [3.63, 3.8) is 0 Å². The van der Waals surface area contributed by atoms with Gasteiger partial charge >= 0.3 is 12.1 Å². The van der Waals surface area contributed by atoms with Gasteiger partial charge in [-0.1, -0.05) is 0 Å². The van der Waals surface area contributed by atoms with Gasteiger partial charge in [0.05, 0.1) is 31.0 Å². The SMILES string of the molecule is CC(=O)NC[C@H]1CN(c2ccc(N3CCNN(C(=O)NN4CCN(C)CC4)CC3)c(F)c2)C(=O)O1. The first-order valence-corrected chi connectivity index (χ1v) is 11.8. The maximum atomic E-state index is 15.1. The first-order valence-electron chi connectivity index (χ1n) is 11.8. The lowest BCUT2D eigenvalue weighted by atomic mass is 10.2. The molecule has 0 radical (unpaired) electrons. The molecule has 0 aromatic heterocycles. The molecule has 12 nitrogen and oxygen atoms in total. The zero-order valence-electron chi connectivity index (χ0n) is 20.1. The number of nitrogens with one attached hydrogen (secondary N) is 3. The Morgan fingerprint density at radius 3 is 2.63 bits per heavy atom. The van der Waals surface area contributed by atoms with Gasteiger partial charge in [-0.25, -0.2) is 24.4 Å². The molecule has 0 bridgehead atoms. The molecule has 0 spiro atoms. The maximum absolute atomic E-state index is 15.1. The third-order valence-corrected chi connectivity index (χ3v) is 6.32. The Kier molecular flexibility index (Phi) is 7.88. The molecule has 3 N–H and O–H groups in total. The number of rotatable bonds is 5. The molecule has 3 aliphatic heterocycles. The summed E-state index contributed by atoms with van der Waals surface area (Å²) in [7, 11) is 2.05. The lowest BCUT2D eigenvalue weighted by Crippen LogP contribution is -2.58. The van der Waals surface area contributed by atoms with Crippen molar-refractivity contribution in [2.45, 2.75) is 13.0 Å². The lowest BCUT2D eigenvalue weighted by molar-refractivity contribution is -0.119. The summed E-state index contributed by atoms with van der Waals surface area (Å²) in [6, 6.07) is 4.40. The molecule has 1 aromatic carbocycles. The number of nitrogens with zero attached hydrogens (tertiary/aromatic N) is 5. The largest absolute Gasteiger partial charge is 0.442 e. The molecule has 4 rings (SSSR count). The summed E-state index contributed by atoms with van der Waals surface area (Å²) in [6.07, 6.45) is -1.07. The van der Waals surface area contributed by atoms with Gasteiger partial charge in [0.25, 0.3) is 0 Å². The van der Waals surface area contributed by atoms with E-state index in [-0.39, 0.29) is 25.0 Å². The lowest BCUT2D eigenvalue weighted by Gasteiger charge is -2.34. The van der Waals surface area contributed by atoms with Crippen molar-refractivity contribution in [3.8, 4) is 0 Å². The van der Waals surface area contributed by atoms with Crippen molar-refractivity contribution in [2.24, 2.45) is 0 Å². The molecule has 3 saturated heterocycles. The van der Waals surface area contributed by atoms with Crippen LogP contribution in [0.2, 0.25) is 0 Å². The molecule has 0 saturated carbocycles. The second kappa shape index (κ2) is 11.1. The van der Waals surface area contributed by atoms with Crippen LogP contribution in [0.3, 0.4) is 0 Å². The third-order valence-electron chi connectivity index (χ3n) is 6.32. The molecular formula is C22H33FN8O4. The number of hydrogen-bond acceptors (Lipinski definition) is 8. The fourth-order valence-electron chi connectivity index (χ4n) is 4.28. The Morgan fingerprint density at radius 2 is 1.91 bits per heavy atom. The number of hydrogen-bond donors (Lipinski definition) is 3. The van der Waals surface area contributed by atoms with Gasteiger partial charge in [-0.3, -0.25) is 20.1 Å². The number of piperazine rings is 1. The van der Waals surface area contributed by atoms with Crippen molar-refractivity contribution in [1.29, 1.82) is 0 Å². The second-order valence-corrected chi connectivity index (χ2v) is 8.94. The Morgan fingerprint density at radius 1 is 1.14 bits per heavy atom. The summed E-state index contributed by atoms with van der Waals surface area (Å²) in [5.41, 5.74) is 6.83. The van der Waals surface area contributed by atoms with Crippen LogP contribution in [0.5, 0.6) is 0 Å². The van der Waals surface area contributed by atoms with Crippen LogP contribution in [0.15, 0.2) is 18.2 Å². The van der Waals surface area contributed by atoms with Crippen LogP contribution in [0.1, 0.15) is 6.92 Å². The Balaban J connectivity index is 1.33. The van der Waals surface area contributed by atoms with E-state index in [1.807, 2.05) is 9.91 Å². The van der Waals surface area contributed by atoms with E-state index in [1.165, 1.54) is 22.9 Å². The van der Waals surface area contributed by atoms with Crippen molar-refractivity contribution < 1.29 is 23.5 Å². The molecule has 3 aliphatic rings. The number of anilines is 2. The third kappa shape index (κ3) is 6.29. The highest BCUT2D eigenvalue weighted by molar-refractivity contribution is 5.90. The standard InChI is InChI=1S/C22H33FN8O4/c1-16(32)24-14-18-15-30(22(34)35-18)17-3-4-20(19(23)13-17)28-6-5-25-31(12-9-28)21(33)26-29-10-7-27(2)8-11-29/h3-4,13,18,25H,5-12,14-15H2,1-2H3,(H,24,32)(H,26,33)/t18-/m0/s1. The Bertz CT molecular complexity index is 942. The maximum Gasteiger partial charge on any atom is 0.414 e. The van der Waals surface area contributed by atoms with E-state index in [0.29, 0.717) is 37.6 Å². The quantitative estimate of drug-likeness (QED) is 0.518. The summed E-state index contributed by atoms with van der Waals surface area (Å²) in [6.45, 7) is 6.94. The minimum Gasteiger partial charge on any atom is -0.442 e. The van der Waals surface area contributed by atoms with Crippen LogP contribution < -0.4 is 26.0 Å². The molecule has 0 unspecified atom stereocenters. The van der Waals surface area contributed by atoms with Crippen LogP contribution in [0, 0.1) is 5.82 Å². The number of ether oxygens (including phenoxy) is 1. The van der Waals surface area contributed by atoms with Gasteiger partial charge in [0.15, 0.2) is 0 Å². The summed E-state index contributed by atoms with van der Waals surface area (Å²) in [5.74, 6) is -0.673. The number of halogens is 1. The van der Waals surface area contributed by atoms with Gasteiger partial charge in [0, 0.05) is 52.7 Å². The van der Waals surface area contributed by atoms with Gasteiger partial charge in [-0.15, -0.1) is 0 Å². The van der Waals surface area contributed by atoms with E-state index in [4.69, 9.17) is 4.74 Å². The predicted octanol–water partition coefficient (Wildman–Crippen LogP) is -0.214. The molecular weight excluding hydrogens is 459 g/mol. The van der Waals surface area contributed by atoms with E-state index in [9.17, 15) is 14.4 Å². The Labute approximate surface area is 203 Å². The molecule has 13 heteroatoms. The van der Waals surface area contributed by atoms with Crippen LogP contribution in [-0.2, 0) is 9.53 Å². The number of hydrazine groups is 2. The first kappa shape index (κ1) is 24.9. The fraction of sp³-hybridized carbons (Fsp3) is 0.591. The van der Waals surface area contributed by atoms with E-state index in [1.54, 1.807) is 12.1 Å². The average molecular weight is 493 g/mol. The highest BCUT2D eigenvalue weighted by Gasteiger charge is 2.33. The number of amides is 4.